The van der Waals surface area contributed by atoms with E-state index in [-0.39, 0.29) is 18.4 Å². The van der Waals surface area contributed by atoms with Gasteiger partial charge in [-0.1, -0.05) is 64.4 Å². The van der Waals surface area contributed by atoms with Crippen molar-refractivity contribution in [1.29, 1.82) is 0 Å². The van der Waals surface area contributed by atoms with Gasteiger partial charge in [0.05, 0.1) is 18.7 Å². The summed E-state index contributed by atoms with van der Waals surface area (Å²) in [4.78, 5) is 94.3. The van der Waals surface area contributed by atoms with E-state index >= 15 is 0 Å². The quantitative estimate of drug-likeness (QED) is 0.216. The van der Waals surface area contributed by atoms with Crippen LogP contribution in [0.3, 0.4) is 0 Å². The third kappa shape index (κ3) is 11.1. The smallest absolute Gasteiger partial charge is 0.408 e. The van der Waals surface area contributed by atoms with Crippen LogP contribution in [0.4, 0.5) is 4.79 Å². The number of amides is 6. The van der Waals surface area contributed by atoms with Crippen molar-refractivity contribution in [3.63, 3.8) is 0 Å². The highest BCUT2D eigenvalue weighted by Gasteiger charge is 2.45. The first kappa shape index (κ1) is 39.7. The van der Waals surface area contributed by atoms with Gasteiger partial charge in [-0.3, -0.25) is 28.8 Å². The maximum Gasteiger partial charge on any atom is 0.408 e. The molecule has 1 aliphatic heterocycles. The average molecular weight is 673 g/mol. The van der Waals surface area contributed by atoms with E-state index in [4.69, 9.17) is 4.74 Å². The van der Waals surface area contributed by atoms with Crippen molar-refractivity contribution in [2.45, 2.75) is 110 Å². The molecule has 1 heterocycles. The predicted molar refractivity (Wildman–Crippen MR) is 178 cm³/mol. The van der Waals surface area contributed by atoms with E-state index in [1.165, 1.54) is 9.80 Å². The Labute approximate surface area is 283 Å². The van der Waals surface area contributed by atoms with Crippen molar-refractivity contribution < 1.29 is 38.3 Å². The topological polar surface area (TPSA) is 183 Å². The molecule has 1 aromatic carbocycles. The highest BCUT2D eigenvalue weighted by atomic mass is 16.6. The van der Waals surface area contributed by atoms with Gasteiger partial charge < -0.3 is 35.8 Å². The van der Waals surface area contributed by atoms with Gasteiger partial charge >= 0.3 is 6.09 Å². The van der Waals surface area contributed by atoms with Gasteiger partial charge in [-0.05, 0) is 51.0 Å². The van der Waals surface area contributed by atoms with E-state index < -0.39 is 77.7 Å². The van der Waals surface area contributed by atoms with Crippen LogP contribution in [-0.2, 0) is 33.5 Å². The van der Waals surface area contributed by atoms with Crippen LogP contribution in [-0.4, -0.2) is 102 Å². The lowest BCUT2D eigenvalue weighted by Gasteiger charge is -2.37. The van der Waals surface area contributed by atoms with E-state index in [0.29, 0.717) is 24.8 Å². The summed E-state index contributed by atoms with van der Waals surface area (Å²) in [5.74, 6) is -4.15. The fourth-order valence-electron chi connectivity index (χ4n) is 5.41. The molecule has 0 saturated carbocycles. The number of likely N-dealkylation sites (tertiary alicyclic amines) is 1. The SMILES string of the molecule is CCCC(NC(=O)C1CCC(C)N1C(=O)C(NC(=O)OC(C)C)C(C)(C)C)C(=O)C(=O)NCC(=O)NC(C(=O)N(C)C)c1ccccc1. The molecule has 1 aromatic rings. The number of nitrogens with zero attached hydrogens (tertiary/aromatic N) is 2. The molecule has 5 atom stereocenters. The van der Waals surface area contributed by atoms with E-state index in [9.17, 15) is 33.6 Å². The maximum absolute atomic E-state index is 13.9. The molecule has 0 bridgehead atoms. The Bertz CT molecular complexity index is 1330. The molecular formula is C34H52N6O8. The van der Waals surface area contributed by atoms with Crippen LogP contribution in [0.1, 0.15) is 85.8 Å². The molecule has 2 rings (SSSR count). The zero-order valence-electron chi connectivity index (χ0n) is 29.5. The maximum atomic E-state index is 13.9. The third-order valence-corrected chi connectivity index (χ3v) is 7.91. The highest BCUT2D eigenvalue weighted by Crippen LogP contribution is 2.29. The molecular weight excluding hydrogens is 620 g/mol. The summed E-state index contributed by atoms with van der Waals surface area (Å²) in [5, 5.41) is 10.2. The van der Waals surface area contributed by atoms with Gasteiger partial charge in [0, 0.05) is 20.1 Å². The first-order chi connectivity index (χ1) is 22.4. The number of alkyl carbamates (subject to hydrolysis) is 1. The van der Waals surface area contributed by atoms with Crippen LogP contribution in [0.15, 0.2) is 30.3 Å². The number of carbonyl (C=O) groups is 7. The average Bonchev–Trinajstić information content (AvgIpc) is 3.40. The number of hydrogen-bond acceptors (Lipinski definition) is 8. The number of ketones is 1. The number of hydrogen-bond donors (Lipinski definition) is 4. The molecule has 1 saturated heterocycles. The summed E-state index contributed by atoms with van der Waals surface area (Å²) < 4.78 is 5.19. The van der Waals surface area contributed by atoms with Crippen molar-refractivity contribution in [2.75, 3.05) is 20.6 Å². The number of Topliss-reactive ketones (excluding diaryl/α,β-unsaturated/α-hetero) is 1. The standard InChI is InChI=1S/C34H52N6O8/c1-10-14-23(27(42)30(44)35-19-25(41)37-26(31(45)39(8)9)22-15-12-11-13-16-22)36-29(43)24-18-17-21(4)40(24)32(46)28(34(5,6)7)38-33(47)48-20(2)3/h11-13,15-16,20-21,23-24,26,28H,10,14,17-19H2,1-9H3,(H,35,44)(H,36,43)(H,37,41)(H,38,47). The van der Waals surface area contributed by atoms with Gasteiger partial charge in [0.2, 0.25) is 29.4 Å². The van der Waals surface area contributed by atoms with Crippen molar-refractivity contribution in [3.8, 4) is 0 Å². The second-order valence-electron chi connectivity index (χ2n) is 13.6. The van der Waals surface area contributed by atoms with Crippen molar-refractivity contribution >= 4 is 41.4 Å². The Kier molecular flexibility index (Phi) is 14.6. The molecule has 0 radical (unpaired) electrons. The summed E-state index contributed by atoms with van der Waals surface area (Å²) in [6.07, 6.45) is 0.274. The van der Waals surface area contributed by atoms with Crippen molar-refractivity contribution in [2.24, 2.45) is 5.41 Å². The highest BCUT2D eigenvalue weighted by molar-refractivity contribution is 6.38. The van der Waals surface area contributed by atoms with Crippen LogP contribution < -0.4 is 21.3 Å². The fourth-order valence-corrected chi connectivity index (χ4v) is 5.41. The second-order valence-corrected chi connectivity index (χ2v) is 13.6. The number of benzene rings is 1. The molecule has 1 fully saturated rings. The molecule has 4 N–H and O–H groups in total. The van der Waals surface area contributed by atoms with Crippen LogP contribution in [0.5, 0.6) is 0 Å². The molecule has 0 aliphatic carbocycles. The molecule has 0 aromatic heterocycles. The molecule has 14 heteroatoms. The monoisotopic (exact) mass is 672 g/mol. The van der Waals surface area contributed by atoms with Gasteiger partial charge in [-0.25, -0.2) is 4.79 Å². The molecule has 0 spiro atoms. The Morgan fingerprint density at radius 3 is 2.12 bits per heavy atom. The van der Waals surface area contributed by atoms with E-state index in [1.807, 2.05) is 0 Å². The van der Waals surface area contributed by atoms with Crippen LogP contribution >= 0.6 is 0 Å². The Balaban J connectivity index is 2.13. The lowest BCUT2D eigenvalue weighted by atomic mass is 9.85. The first-order valence-electron chi connectivity index (χ1n) is 16.4. The van der Waals surface area contributed by atoms with Crippen molar-refractivity contribution in [1.82, 2.24) is 31.1 Å². The first-order valence-corrected chi connectivity index (χ1v) is 16.4. The zero-order chi connectivity index (χ0) is 36.3. The molecule has 266 valence electrons. The molecule has 48 heavy (non-hydrogen) atoms. The Morgan fingerprint density at radius 1 is 0.958 bits per heavy atom. The minimum atomic E-state index is -1.21. The number of ether oxygens (including phenoxy) is 1. The van der Waals surface area contributed by atoms with Crippen molar-refractivity contribution in [3.05, 3.63) is 35.9 Å². The largest absolute Gasteiger partial charge is 0.447 e. The number of carbonyl (C=O) groups excluding carboxylic acids is 7. The number of nitrogens with one attached hydrogen (secondary N) is 4. The predicted octanol–water partition coefficient (Wildman–Crippen LogP) is 1.83. The Hall–Kier alpha value is -4.49. The number of likely N-dealkylation sites (N-methyl/N-ethyl adjacent to an activating group) is 1. The lowest BCUT2D eigenvalue weighted by molar-refractivity contribution is -0.145. The second kappa shape index (κ2) is 17.6. The molecule has 1 aliphatic rings. The number of rotatable bonds is 14. The Morgan fingerprint density at radius 2 is 1.58 bits per heavy atom. The third-order valence-electron chi connectivity index (χ3n) is 7.91. The van der Waals surface area contributed by atoms with E-state index in [1.54, 1.807) is 92.9 Å². The normalized spacial score (nSPS) is 17.8. The molecule has 6 amide bonds. The van der Waals surface area contributed by atoms with Gasteiger partial charge in [0.25, 0.3) is 5.91 Å². The van der Waals surface area contributed by atoms with E-state index in [0.717, 1.165) is 0 Å². The molecule has 14 nitrogen and oxygen atoms in total. The summed E-state index contributed by atoms with van der Waals surface area (Å²) in [5.41, 5.74) is -0.172. The summed E-state index contributed by atoms with van der Waals surface area (Å²) in [6, 6.07) is 4.13. The van der Waals surface area contributed by atoms with Gasteiger partial charge in [-0.2, -0.15) is 0 Å². The zero-order valence-corrected chi connectivity index (χ0v) is 29.5. The van der Waals surface area contributed by atoms with Gasteiger partial charge in [0.15, 0.2) is 0 Å². The van der Waals surface area contributed by atoms with Crippen LogP contribution in [0.2, 0.25) is 0 Å². The minimum absolute atomic E-state index is 0.140. The van der Waals surface area contributed by atoms with Crippen LogP contribution in [0.25, 0.3) is 0 Å². The fraction of sp³-hybridized carbons (Fsp3) is 0.618. The lowest BCUT2D eigenvalue weighted by Crippen LogP contribution is -2.60. The van der Waals surface area contributed by atoms with E-state index in [2.05, 4.69) is 21.3 Å². The van der Waals surface area contributed by atoms with Crippen LogP contribution in [0, 0.1) is 5.41 Å². The summed E-state index contributed by atoms with van der Waals surface area (Å²) in [6.45, 7) is 11.8. The van der Waals surface area contributed by atoms with Gasteiger partial charge in [0.1, 0.15) is 18.1 Å². The molecule has 5 unspecified atom stereocenters. The minimum Gasteiger partial charge on any atom is -0.447 e. The summed E-state index contributed by atoms with van der Waals surface area (Å²) in [7, 11) is 3.11. The van der Waals surface area contributed by atoms with Gasteiger partial charge in [-0.15, -0.1) is 0 Å². The summed E-state index contributed by atoms with van der Waals surface area (Å²) >= 11 is 0.